The summed E-state index contributed by atoms with van der Waals surface area (Å²) < 4.78 is 0. The van der Waals surface area contributed by atoms with Gasteiger partial charge in [-0.1, -0.05) is 79.2 Å². The Morgan fingerprint density at radius 1 is 0.969 bits per heavy atom. The SMILES string of the molecule is CC[C@@H](C(=O)NC1CCCCC1)N(Cc1ccc(Cl)c(Cl)c1)C(=O)Cc1ccc(Cl)cc1. The lowest BCUT2D eigenvalue weighted by molar-refractivity contribution is -0.141. The van der Waals surface area contributed by atoms with Crippen LogP contribution in [0.1, 0.15) is 56.6 Å². The number of hydrogen-bond donors (Lipinski definition) is 1. The zero-order valence-corrected chi connectivity index (χ0v) is 20.5. The van der Waals surface area contributed by atoms with Crippen LogP contribution in [-0.2, 0) is 22.6 Å². The van der Waals surface area contributed by atoms with E-state index < -0.39 is 6.04 Å². The Labute approximate surface area is 205 Å². The maximum absolute atomic E-state index is 13.4. The molecule has 0 spiro atoms. The Bertz CT molecular complexity index is 927. The van der Waals surface area contributed by atoms with Gasteiger partial charge in [-0.15, -0.1) is 0 Å². The topological polar surface area (TPSA) is 49.4 Å². The van der Waals surface area contributed by atoms with Crippen LogP contribution >= 0.6 is 34.8 Å². The average molecular weight is 496 g/mol. The number of amides is 2. The molecule has 2 aromatic rings. The van der Waals surface area contributed by atoms with Gasteiger partial charge in [-0.25, -0.2) is 0 Å². The molecule has 0 aliphatic heterocycles. The number of carbonyl (C=O) groups excluding carboxylic acids is 2. The van der Waals surface area contributed by atoms with E-state index in [9.17, 15) is 9.59 Å². The molecule has 172 valence electrons. The van der Waals surface area contributed by atoms with Gasteiger partial charge in [0.15, 0.2) is 0 Å². The summed E-state index contributed by atoms with van der Waals surface area (Å²) in [4.78, 5) is 28.3. The van der Waals surface area contributed by atoms with Crippen LogP contribution < -0.4 is 5.32 Å². The van der Waals surface area contributed by atoms with Crippen molar-refractivity contribution in [2.75, 3.05) is 0 Å². The van der Waals surface area contributed by atoms with Crippen molar-refractivity contribution in [3.8, 4) is 0 Å². The lowest BCUT2D eigenvalue weighted by Crippen LogP contribution is -2.51. The van der Waals surface area contributed by atoms with Gasteiger partial charge in [0.1, 0.15) is 6.04 Å². The molecule has 1 saturated carbocycles. The molecule has 32 heavy (non-hydrogen) atoms. The van der Waals surface area contributed by atoms with Crippen molar-refractivity contribution in [1.29, 1.82) is 0 Å². The molecule has 1 aliphatic carbocycles. The molecule has 0 radical (unpaired) electrons. The molecule has 1 fully saturated rings. The average Bonchev–Trinajstić information content (AvgIpc) is 2.78. The number of hydrogen-bond acceptors (Lipinski definition) is 2. The predicted octanol–water partition coefficient (Wildman–Crippen LogP) is 6.45. The van der Waals surface area contributed by atoms with Crippen molar-refractivity contribution >= 4 is 46.6 Å². The van der Waals surface area contributed by atoms with Gasteiger partial charge < -0.3 is 10.2 Å². The number of halogens is 3. The lowest BCUT2D eigenvalue weighted by Gasteiger charge is -2.33. The summed E-state index contributed by atoms with van der Waals surface area (Å²) in [5, 5.41) is 4.68. The number of nitrogens with zero attached hydrogens (tertiary/aromatic N) is 1. The largest absolute Gasteiger partial charge is 0.352 e. The summed E-state index contributed by atoms with van der Waals surface area (Å²) in [5.41, 5.74) is 1.67. The van der Waals surface area contributed by atoms with Crippen LogP contribution in [0.4, 0.5) is 0 Å². The molecule has 0 saturated heterocycles. The fourth-order valence-electron chi connectivity index (χ4n) is 4.18. The number of benzene rings is 2. The first-order valence-corrected chi connectivity index (χ1v) is 12.3. The van der Waals surface area contributed by atoms with Crippen LogP contribution in [-0.4, -0.2) is 28.8 Å². The molecule has 7 heteroatoms. The highest BCUT2D eigenvalue weighted by molar-refractivity contribution is 6.42. The van der Waals surface area contributed by atoms with Crippen LogP contribution in [0.25, 0.3) is 0 Å². The molecular weight excluding hydrogens is 467 g/mol. The van der Waals surface area contributed by atoms with E-state index >= 15 is 0 Å². The van der Waals surface area contributed by atoms with Crippen LogP contribution in [0.5, 0.6) is 0 Å². The second-order valence-corrected chi connectivity index (χ2v) is 9.59. The van der Waals surface area contributed by atoms with E-state index in [1.165, 1.54) is 6.42 Å². The highest BCUT2D eigenvalue weighted by Crippen LogP contribution is 2.25. The van der Waals surface area contributed by atoms with Crippen LogP contribution in [0.2, 0.25) is 15.1 Å². The summed E-state index contributed by atoms with van der Waals surface area (Å²) in [5.74, 6) is -0.215. The van der Waals surface area contributed by atoms with Crippen LogP contribution in [0.15, 0.2) is 42.5 Å². The third kappa shape index (κ3) is 6.87. The van der Waals surface area contributed by atoms with Crippen molar-refractivity contribution in [3.63, 3.8) is 0 Å². The standard InChI is InChI=1S/C25H29Cl3N2O2/c1-2-23(25(32)29-20-6-4-3-5-7-20)30(16-18-10-13-21(27)22(28)14-18)24(31)15-17-8-11-19(26)12-9-17/h8-14,20,23H,2-7,15-16H2,1H3,(H,29,32)/t23-/m0/s1. The monoisotopic (exact) mass is 494 g/mol. The number of carbonyl (C=O) groups is 2. The molecule has 4 nitrogen and oxygen atoms in total. The first-order valence-electron chi connectivity index (χ1n) is 11.2. The van der Waals surface area contributed by atoms with E-state index in [2.05, 4.69) is 5.32 Å². The van der Waals surface area contributed by atoms with Gasteiger partial charge >= 0.3 is 0 Å². The fraction of sp³-hybridized carbons (Fsp3) is 0.440. The van der Waals surface area contributed by atoms with E-state index in [4.69, 9.17) is 34.8 Å². The normalized spacial score (nSPS) is 15.2. The molecule has 0 heterocycles. The molecule has 0 aromatic heterocycles. The van der Waals surface area contributed by atoms with Crippen molar-refractivity contribution < 1.29 is 9.59 Å². The third-order valence-electron chi connectivity index (χ3n) is 5.94. The van der Waals surface area contributed by atoms with Crippen molar-refractivity contribution in [3.05, 3.63) is 68.7 Å². The smallest absolute Gasteiger partial charge is 0.243 e. The molecule has 3 rings (SSSR count). The molecule has 1 atom stereocenters. The molecule has 1 N–H and O–H groups in total. The maximum atomic E-state index is 13.4. The fourth-order valence-corrected chi connectivity index (χ4v) is 4.62. The van der Waals surface area contributed by atoms with E-state index in [-0.39, 0.29) is 30.8 Å². The third-order valence-corrected chi connectivity index (χ3v) is 6.93. The van der Waals surface area contributed by atoms with Gasteiger partial charge in [-0.3, -0.25) is 9.59 Å². The molecule has 2 amide bonds. The van der Waals surface area contributed by atoms with Gasteiger partial charge in [0, 0.05) is 17.6 Å². The number of nitrogens with one attached hydrogen (secondary N) is 1. The maximum Gasteiger partial charge on any atom is 0.243 e. The quantitative estimate of drug-likeness (QED) is 0.458. The minimum absolute atomic E-state index is 0.0936. The van der Waals surface area contributed by atoms with Gasteiger partial charge in [0.25, 0.3) is 0 Å². The second-order valence-electron chi connectivity index (χ2n) is 8.34. The van der Waals surface area contributed by atoms with Crippen LogP contribution in [0, 0.1) is 0 Å². The van der Waals surface area contributed by atoms with Crippen molar-refractivity contribution in [1.82, 2.24) is 10.2 Å². The van der Waals surface area contributed by atoms with Gasteiger partial charge in [-0.05, 0) is 54.7 Å². The minimum atomic E-state index is -0.564. The first-order chi connectivity index (χ1) is 15.4. The highest BCUT2D eigenvalue weighted by Gasteiger charge is 2.30. The summed E-state index contributed by atoms with van der Waals surface area (Å²) in [6.07, 6.45) is 6.17. The van der Waals surface area contributed by atoms with E-state index in [0.717, 1.165) is 36.8 Å². The van der Waals surface area contributed by atoms with Crippen molar-refractivity contribution in [2.45, 2.75) is 70.5 Å². The Morgan fingerprint density at radius 3 is 2.25 bits per heavy atom. The summed E-state index contributed by atoms with van der Waals surface area (Å²) >= 11 is 18.2. The summed E-state index contributed by atoms with van der Waals surface area (Å²) in [6, 6.07) is 12.1. The molecule has 2 aromatic carbocycles. The summed E-state index contributed by atoms with van der Waals surface area (Å²) in [6.45, 7) is 2.21. The van der Waals surface area contributed by atoms with Crippen molar-refractivity contribution in [2.24, 2.45) is 0 Å². The predicted molar refractivity (Wildman–Crippen MR) is 131 cm³/mol. The minimum Gasteiger partial charge on any atom is -0.352 e. The van der Waals surface area contributed by atoms with Crippen LogP contribution in [0.3, 0.4) is 0 Å². The van der Waals surface area contributed by atoms with Gasteiger partial charge in [-0.2, -0.15) is 0 Å². The molecule has 0 unspecified atom stereocenters. The van der Waals surface area contributed by atoms with Gasteiger partial charge in [0.05, 0.1) is 16.5 Å². The summed E-state index contributed by atoms with van der Waals surface area (Å²) in [7, 11) is 0. The number of rotatable bonds is 8. The second kappa shape index (κ2) is 11.9. The van der Waals surface area contributed by atoms with Gasteiger partial charge in [0.2, 0.25) is 11.8 Å². The highest BCUT2D eigenvalue weighted by atomic mass is 35.5. The molecule has 1 aliphatic rings. The zero-order chi connectivity index (χ0) is 23.1. The van der Waals surface area contributed by atoms with E-state index in [1.807, 2.05) is 25.1 Å². The van der Waals surface area contributed by atoms with E-state index in [1.54, 1.807) is 29.2 Å². The Balaban J connectivity index is 1.82. The molecular formula is C25H29Cl3N2O2. The lowest BCUT2D eigenvalue weighted by atomic mass is 9.95. The van der Waals surface area contributed by atoms with E-state index in [0.29, 0.717) is 21.5 Å². The Kier molecular flexibility index (Phi) is 9.27. The zero-order valence-electron chi connectivity index (χ0n) is 18.3. The molecule has 0 bridgehead atoms. The first kappa shape index (κ1) is 24.9. The Hall–Kier alpha value is -1.75. The Morgan fingerprint density at radius 2 is 1.62 bits per heavy atom.